The Labute approximate surface area is 90.2 Å². The van der Waals surface area contributed by atoms with Crippen molar-refractivity contribution < 1.29 is 4.57 Å². The summed E-state index contributed by atoms with van der Waals surface area (Å²) in [4.78, 5) is 0. The number of rotatable bonds is 3. The maximum Gasteiger partial charge on any atom is 0.279 e. The van der Waals surface area contributed by atoms with E-state index in [0.717, 1.165) is 18.1 Å². The molecule has 2 nitrogen and oxygen atoms in total. The van der Waals surface area contributed by atoms with Crippen LogP contribution in [0, 0.1) is 0 Å². The van der Waals surface area contributed by atoms with Crippen molar-refractivity contribution in [1.82, 2.24) is 0 Å². The zero-order valence-corrected chi connectivity index (χ0v) is 8.85. The first-order valence-corrected chi connectivity index (χ1v) is 5.20. The summed E-state index contributed by atoms with van der Waals surface area (Å²) in [6.45, 7) is 3.10. The zero-order chi connectivity index (χ0) is 10.5. The van der Waals surface area contributed by atoms with E-state index >= 15 is 0 Å². The topological polar surface area (TPSA) is 15.9 Å². The largest absolute Gasteiger partial charge is 0.279 e. The van der Waals surface area contributed by atoms with Crippen LogP contribution in [0.25, 0.3) is 0 Å². The van der Waals surface area contributed by atoms with Gasteiger partial charge in [-0.25, -0.2) is 9.88 Å². The molecule has 2 aromatic rings. The first-order chi connectivity index (χ1) is 7.40. The molecule has 1 aromatic heterocycles. The van der Waals surface area contributed by atoms with Crippen molar-refractivity contribution in [3.63, 3.8) is 0 Å². The molecule has 0 aliphatic carbocycles. The van der Waals surface area contributed by atoms with E-state index in [1.54, 1.807) is 0 Å². The summed E-state index contributed by atoms with van der Waals surface area (Å²) >= 11 is 0. The van der Waals surface area contributed by atoms with Crippen molar-refractivity contribution in [2.24, 2.45) is 0 Å². The molecule has 0 aliphatic rings. The zero-order valence-electron chi connectivity index (χ0n) is 8.85. The number of anilines is 2. The van der Waals surface area contributed by atoms with Crippen LogP contribution in [0.4, 0.5) is 11.5 Å². The molecule has 0 saturated carbocycles. The smallest absolute Gasteiger partial charge is 0.241 e. The molecular formula is C13H15N2+. The normalized spacial score (nSPS) is 9.93. The van der Waals surface area contributed by atoms with Crippen LogP contribution in [0.2, 0.25) is 0 Å². The Morgan fingerprint density at radius 2 is 1.73 bits per heavy atom. The second kappa shape index (κ2) is 4.60. The summed E-state index contributed by atoms with van der Waals surface area (Å²) in [5, 5.41) is 3.39. The summed E-state index contributed by atoms with van der Waals surface area (Å²) in [7, 11) is 0. The van der Waals surface area contributed by atoms with Gasteiger partial charge in [-0.3, -0.25) is 0 Å². The lowest BCUT2D eigenvalue weighted by atomic mass is 10.3. The van der Waals surface area contributed by atoms with Crippen LogP contribution in [-0.4, -0.2) is 0 Å². The lowest BCUT2D eigenvalue weighted by Gasteiger charge is -2.03. The van der Waals surface area contributed by atoms with Gasteiger partial charge in [0.15, 0.2) is 0 Å². The second-order valence-electron chi connectivity index (χ2n) is 3.36. The van der Waals surface area contributed by atoms with Gasteiger partial charge in [-0.05, 0) is 25.1 Å². The van der Waals surface area contributed by atoms with Crippen LogP contribution in [-0.2, 0) is 6.54 Å². The number of nitrogens with zero attached hydrogens (tertiary/aromatic N) is 1. The molecule has 0 radical (unpaired) electrons. The lowest BCUT2D eigenvalue weighted by molar-refractivity contribution is -0.679. The summed E-state index contributed by atoms with van der Waals surface area (Å²) < 4.78 is 2.17. The predicted molar refractivity (Wildman–Crippen MR) is 62.0 cm³/mol. The third-order valence-corrected chi connectivity index (χ3v) is 2.33. The van der Waals surface area contributed by atoms with E-state index < -0.39 is 0 Å². The number of hydrogen-bond acceptors (Lipinski definition) is 1. The van der Waals surface area contributed by atoms with Crippen molar-refractivity contribution >= 4 is 11.5 Å². The number of aryl methyl sites for hydroxylation is 1. The molecule has 0 amide bonds. The van der Waals surface area contributed by atoms with Crippen LogP contribution in [0.15, 0.2) is 54.7 Å². The Balaban J connectivity index is 2.24. The molecule has 1 aromatic carbocycles. The molecule has 76 valence electrons. The number of para-hydroxylation sites is 1. The number of nitrogens with one attached hydrogen (secondary N) is 1. The molecule has 0 saturated heterocycles. The molecule has 15 heavy (non-hydrogen) atoms. The highest BCUT2D eigenvalue weighted by Gasteiger charge is 2.05. The average Bonchev–Trinajstić information content (AvgIpc) is 2.31. The van der Waals surface area contributed by atoms with E-state index in [4.69, 9.17) is 0 Å². The van der Waals surface area contributed by atoms with Gasteiger partial charge in [0.05, 0.1) is 12.7 Å². The number of aromatic nitrogens is 1. The van der Waals surface area contributed by atoms with E-state index in [9.17, 15) is 0 Å². The fourth-order valence-electron chi connectivity index (χ4n) is 1.53. The van der Waals surface area contributed by atoms with Gasteiger partial charge in [0.25, 0.3) is 5.82 Å². The highest BCUT2D eigenvalue weighted by Crippen LogP contribution is 2.11. The predicted octanol–water partition coefficient (Wildman–Crippen LogP) is 2.74. The Hall–Kier alpha value is -1.83. The van der Waals surface area contributed by atoms with Gasteiger partial charge in [-0.1, -0.05) is 24.3 Å². The van der Waals surface area contributed by atoms with Gasteiger partial charge in [0.1, 0.15) is 5.69 Å². The van der Waals surface area contributed by atoms with E-state index in [2.05, 4.69) is 41.2 Å². The lowest BCUT2D eigenvalue weighted by Crippen LogP contribution is -2.34. The van der Waals surface area contributed by atoms with Crippen LogP contribution >= 0.6 is 0 Å². The SMILES string of the molecule is CC[n+]1ccccc1Nc1ccccc1. The van der Waals surface area contributed by atoms with Crippen molar-refractivity contribution in [3.05, 3.63) is 54.7 Å². The van der Waals surface area contributed by atoms with Crippen LogP contribution in [0.5, 0.6) is 0 Å². The van der Waals surface area contributed by atoms with E-state index in [1.165, 1.54) is 0 Å². The van der Waals surface area contributed by atoms with Gasteiger partial charge >= 0.3 is 0 Å². The van der Waals surface area contributed by atoms with E-state index in [1.807, 2.05) is 30.3 Å². The summed E-state index contributed by atoms with van der Waals surface area (Å²) in [5.74, 6) is 1.12. The molecule has 0 fully saturated rings. The summed E-state index contributed by atoms with van der Waals surface area (Å²) in [6.07, 6.45) is 2.07. The fraction of sp³-hybridized carbons (Fsp3) is 0.154. The summed E-state index contributed by atoms with van der Waals surface area (Å²) in [5.41, 5.74) is 1.12. The monoisotopic (exact) mass is 199 g/mol. The van der Waals surface area contributed by atoms with Gasteiger partial charge < -0.3 is 0 Å². The van der Waals surface area contributed by atoms with Crippen LogP contribution in [0.3, 0.4) is 0 Å². The first kappa shape index (κ1) is 9.71. The highest BCUT2D eigenvalue weighted by atomic mass is 15.1. The number of benzene rings is 1. The minimum absolute atomic E-state index is 0.968. The van der Waals surface area contributed by atoms with Gasteiger partial charge in [0.2, 0.25) is 0 Å². The fourth-order valence-corrected chi connectivity index (χ4v) is 1.53. The molecule has 1 N–H and O–H groups in total. The van der Waals surface area contributed by atoms with Crippen LogP contribution in [0.1, 0.15) is 6.92 Å². The van der Waals surface area contributed by atoms with Gasteiger partial charge in [-0.2, -0.15) is 0 Å². The highest BCUT2D eigenvalue weighted by molar-refractivity contribution is 5.53. The Morgan fingerprint density at radius 3 is 2.47 bits per heavy atom. The van der Waals surface area contributed by atoms with Crippen molar-refractivity contribution in [1.29, 1.82) is 0 Å². The van der Waals surface area contributed by atoms with Crippen molar-refractivity contribution in [2.75, 3.05) is 5.32 Å². The minimum atomic E-state index is 0.968. The molecule has 0 unspecified atom stereocenters. The third kappa shape index (κ3) is 2.34. The first-order valence-electron chi connectivity index (χ1n) is 5.20. The molecule has 0 atom stereocenters. The van der Waals surface area contributed by atoms with Gasteiger partial charge in [-0.15, -0.1) is 0 Å². The third-order valence-electron chi connectivity index (χ3n) is 2.33. The summed E-state index contributed by atoms with van der Waals surface area (Å²) in [6, 6.07) is 16.4. The van der Waals surface area contributed by atoms with Crippen molar-refractivity contribution in [3.8, 4) is 0 Å². The number of pyridine rings is 1. The standard InChI is InChI=1S/C13H14N2/c1-2-15-11-7-6-10-13(15)14-12-8-4-3-5-9-12/h3-11H,2H2,1H3/p+1. The Kier molecular flexibility index (Phi) is 2.98. The molecule has 0 spiro atoms. The quantitative estimate of drug-likeness (QED) is 0.752. The molecule has 1 heterocycles. The molecule has 2 heteroatoms. The number of hydrogen-bond donors (Lipinski definition) is 1. The maximum atomic E-state index is 3.39. The molecule has 2 rings (SSSR count). The Morgan fingerprint density at radius 1 is 1.00 bits per heavy atom. The molecular weight excluding hydrogens is 184 g/mol. The second-order valence-corrected chi connectivity index (χ2v) is 3.36. The van der Waals surface area contributed by atoms with Crippen molar-refractivity contribution in [2.45, 2.75) is 13.5 Å². The van der Waals surface area contributed by atoms with E-state index in [-0.39, 0.29) is 0 Å². The average molecular weight is 199 g/mol. The molecule has 0 bridgehead atoms. The maximum absolute atomic E-state index is 3.39. The van der Waals surface area contributed by atoms with Gasteiger partial charge in [0, 0.05) is 6.07 Å². The molecule has 0 aliphatic heterocycles. The van der Waals surface area contributed by atoms with Crippen LogP contribution < -0.4 is 9.88 Å². The Bertz CT molecular complexity index is 424. The van der Waals surface area contributed by atoms with E-state index in [0.29, 0.717) is 0 Å². The minimum Gasteiger partial charge on any atom is -0.241 e.